The van der Waals surface area contributed by atoms with Crippen molar-refractivity contribution in [2.45, 2.75) is 38.6 Å². The van der Waals surface area contributed by atoms with E-state index in [1.165, 1.54) is 7.11 Å². The Bertz CT molecular complexity index is 538. The van der Waals surface area contributed by atoms with Crippen molar-refractivity contribution in [3.8, 4) is 0 Å². The van der Waals surface area contributed by atoms with E-state index in [0.717, 1.165) is 31.2 Å². The quantitative estimate of drug-likeness (QED) is 0.802. The lowest BCUT2D eigenvalue weighted by atomic mass is 10.1. The second-order valence-electron chi connectivity index (χ2n) is 5.38. The standard InChI is InChI=1S/C16H20ClNO3/c1-11-6-5-9-13(15(11)17)16(20)18(10-14(19)21-2)12-7-3-4-8-12/h5-6,9,12H,3-4,7-8,10H2,1-2H3. The predicted octanol–water partition coefficient (Wildman–Crippen LogP) is 3.21. The van der Waals surface area contributed by atoms with Gasteiger partial charge in [0.25, 0.3) is 5.91 Å². The summed E-state index contributed by atoms with van der Waals surface area (Å²) in [5.74, 6) is -0.597. The molecule has 1 saturated carbocycles. The summed E-state index contributed by atoms with van der Waals surface area (Å²) in [5.41, 5.74) is 1.31. The first-order valence-electron chi connectivity index (χ1n) is 7.17. The molecule has 114 valence electrons. The van der Waals surface area contributed by atoms with Crippen LogP contribution in [0.2, 0.25) is 5.02 Å². The molecule has 0 aromatic heterocycles. The Hall–Kier alpha value is -1.55. The maximum Gasteiger partial charge on any atom is 0.325 e. The Morgan fingerprint density at radius 1 is 1.33 bits per heavy atom. The van der Waals surface area contributed by atoms with Gasteiger partial charge in [0.1, 0.15) is 6.54 Å². The summed E-state index contributed by atoms with van der Waals surface area (Å²) in [6, 6.07) is 5.46. The number of methoxy groups -OCH3 is 1. The average Bonchev–Trinajstić information content (AvgIpc) is 3.00. The van der Waals surface area contributed by atoms with Gasteiger partial charge in [-0.2, -0.15) is 0 Å². The van der Waals surface area contributed by atoms with Crippen LogP contribution in [0.3, 0.4) is 0 Å². The summed E-state index contributed by atoms with van der Waals surface area (Å²) in [6.45, 7) is 1.84. The van der Waals surface area contributed by atoms with Crippen LogP contribution >= 0.6 is 11.6 Å². The number of amides is 1. The number of halogens is 1. The van der Waals surface area contributed by atoms with E-state index in [1.807, 2.05) is 13.0 Å². The molecule has 4 nitrogen and oxygen atoms in total. The number of rotatable bonds is 4. The third kappa shape index (κ3) is 3.56. The zero-order valence-electron chi connectivity index (χ0n) is 12.4. The van der Waals surface area contributed by atoms with Crippen molar-refractivity contribution in [3.63, 3.8) is 0 Å². The van der Waals surface area contributed by atoms with Crippen molar-refractivity contribution in [2.75, 3.05) is 13.7 Å². The zero-order valence-corrected chi connectivity index (χ0v) is 13.2. The van der Waals surface area contributed by atoms with Gasteiger partial charge in [0.05, 0.1) is 17.7 Å². The van der Waals surface area contributed by atoms with Gasteiger partial charge >= 0.3 is 5.97 Å². The number of carbonyl (C=O) groups excluding carboxylic acids is 2. The fourth-order valence-electron chi connectivity index (χ4n) is 2.75. The maximum atomic E-state index is 12.8. The van der Waals surface area contributed by atoms with E-state index in [9.17, 15) is 9.59 Å². The Labute approximate surface area is 130 Å². The van der Waals surface area contributed by atoms with E-state index in [1.54, 1.807) is 17.0 Å². The molecule has 0 heterocycles. The van der Waals surface area contributed by atoms with Crippen LogP contribution in [0.1, 0.15) is 41.6 Å². The topological polar surface area (TPSA) is 46.6 Å². The maximum absolute atomic E-state index is 12.8. The number of benzene rings is 1. The molecule has 0 bridgehead atoms. The first kappa shape index (κ1) is 15.8. The van der Waals surface area contributed by atoms with Gasteiger partial charge < -0.3 is 9.64 Å². The molecule has 1 aliphatic rings. The second-order valence-corrected chi connectivity index (χ2v) is 5.76. The number of hydrogen-bond acceptors (Lipinski definition) is 3. The predicted molar refractivity (Wildman–Crippen MR) is 81.5 cm³/mol. The molecule has 0 atom stereocenters. The summed E-state index contributed by atoms with van der Waals surface area (Å²) in [4.78, 5) is 26.0. The molecule has 0 unspecified atom stereocenters. The highest BCUT2D eigenvalue weighted by molar-refractivity contribution is 6.34. The van der Waals surface area contributed by atoms with Crippen molar-refractivity contribution >= 4 is 23.5 Å². The number of hydrogen-bond donors (Lipinski definition) is 0. The van der Waals surface area contributed by atoms with Crippen LogP contribution in [0.15, 0.2) is 18.2 Å². The molecule has 0 N–H and O–H groups in total. The molecular weight excluding hydrogens is 290 g/mol. The zero-order chi connectivity index (χ0) is 15.4. The molecule has 0 spiro atoms. The molecule has 1 aromatic rings. The molecule has 1 aliphatic carbocycles. The number of nitrogens with zero attached hydrogens (tertiary/aromatic N) is 1. The number of carbonyl (C=O) groups is 2. The molecule has 2 rings (SSSR count). The van der Waals surface area contributed by atoms with Gasteiger partial charge in [-0.05, 0) is 31.4 Å². The van der Waals surface area contributed by atoms with Crippen LogP contribution < -0.4 is 0 Å². The second kappa shape index (κ2) is 6.94. The Morgan fingerprint density at radius 3 is 2.62 bits per heavy atom. The highest BCUT2D eigenvalue weighted by Gasteiger charge is 2.30. The number of aryl methyl sites for hydroxylation is 1. The van der Waals surface area contributed by atoms with Gasteiger partial charge in [-0.3, -0.25) is 9.59 Å². The van der Waals surface area contributed by atoms with E-state index >= 15 is 0 Å². The first-order valence-corrected chi connectivity index (χ1v) is 7.55. The van der Waals surface area contributed by atoms with Crippen molar-refractivity contribution in [1.29, 1.82) is 0 Å². The molecular formula is C16H20ClNO3. The Morgan fingerprint density at radius 2 is 2.00 bits per heavy atom. The van der Waals surface area contributed by atoms with Gasteiger partial charge in [-0.15, -0.1) is 0 Å². The van der Waals surface area contributed by atoms with Gasteiger partial charge in [0.15, 0.2) is 0 Å². The lowest BCUT2D eigenvalue weighted by Crippen LogP contribution is -2.42. The van der Waals surface area contributed by atoms with Crippen LogP contribution in [0.5, 0.6) is 0 Å². The van der Waals surface area contributed by atoms with Crippen LogP contribution in [0.4, 0.5) is 0 Å². The van der Waals surface area contributed by atoms with Gasteiger partial charge in [0, 0.05) is 6.04 Å². The SMILES string of the molecule is COC(=O)CN(C(=O)c1cccc(C)c1Cl)C1CCCC1. The summed E-state index contributed by atoms with van der Waals surface area (Å²) in [7, 11) is 1.33. The van der Waals surface area contributed by atoms with Crippen LogP contribution in [0, 0.1) is 6.92 Å². The van der Waals surface area contributed by atoms with Crippen molar-refractivity contribution in [1.82, 2.24) is 4.90 Å². The highest BCUT2D eigenvalue weighted by Crippen LogP contribution is 2.27. The summed E-state index contributed by atoms with van der Waals surface area (Å²) >= 11 is 6.25. The van der Waals surface area contributed by atoms with Crippen molar-refractivity contribution < 1.29 is 14.3 Å². The Balaban J connectivity index is 2.28. The van der Waals surface area contributed by atoms with Crippen molar-refractivity contribution in [3.05, 3.63) is 34.3 Å². The average molecular weight is 310 g/mol. The monoisotopic (exact) mass is 309 g/mol. The minimum absolute atomic E-state index is 0.0235. The smallest absolute Gasteiger partial charge is 0.325 e. The lowest BCUT2D eigenvalue weighted by molar-refractivity contribution is -0.141. The normalized spacial score (nSPS) is 15.0. The summed E-state index contributed by atoms with van der Waals surface area (Å²) in [5, 5.41) is 0.454. The molecule has 5 heteroatoms. The van der Waals surface area contributed by atoms with Gasteiger partial charge in [-0.25, -0.2) is 0 Å². The molecule has 1 aromatic carbocycles. The van der Waals surface area contributed by atoms with E-state index in [0.29, 0.717) is 10.6 Å². The van der Waals surface area contributed by atoms with Crippen molar-refractivity contribution in [2.24, 2.45) is 0 Å². The van der Waals surface area contributed by atoms with E-state index in [2.05, 4.69) is 0 Å². The minimum Gasteiger partial charge on any atom is -0.468 e. The number of ether oxygens (including phenoxy) is 1. The molecule has 1 fully saturated rings. The molecule has 0 aliphatic heterocycles. The highest BCUT2D eigenvalue weighted by atomic mass is 35.5. The van der Waals surface area contributed by atoms with E-state index in [4.69, 9.17) is 16.3 Å². The van der Waals surface area contributed by atoms with Gasteiger partial charge in [0.2, 0.25) is 0 Å². The molecule has 0 radical (unpaired) electrons. The number of esters is 1. The molecule has 1 amide bonds. The third-order valence-corrected chi connectivity index (χ3v) is 4.48. The third-order valence-electron chi connectivity index (χ3n) is 3.98. The largest absolute Gasteiger partial charge is 0.468 e. The first-order chi connectivity index (χ1) is 10.0. The summed E-state index contributed by atoms with van der Waals surface area (Å²) < 4.78 is 4.71. The van der Waals surface area contributed by atoms with Crippen LogP contribution in [-0.4, -0.2) is 36.5 Å². The lowest BCUT2D eigenvalue weighted by Gasteiger charge is -2.28. The van der Waals surface area contributed by atoms with Crippen LogP contribution in [-0.2, 0) is 9.53 Å². The Kier molecular flexibility index (Phi) is 5.23. The van der Waals surface area contributed by atoms with E-state index in [-0.39, 0.29) is 18.5 Å². The molecule has 21 heavy (non-hydrogen) atoms. The minimum atomic E-state index is -0.404. The van der Waals surface area contributed by atoms with Crippen LogP contribution in [0.25, 0.3) is 0 Å². The van der Waals surface area contributed by atoms with E-state index < -0.39 is 5.97 Å². The summed E-state index contributed by atoms with van der Waals surface area (Å²) in [6.07, 6.45) is 4.01. The fraction of sp³-hybridized carbons (Fsp3) is 0.500. The fourth-order valence-corrected chi connectivity index (χ4v) is 2.96. The van der Waals surface area contributed by atoms with Gasteiger partial charge in [-0.1, -0.05) is 36.6 Å². The molecule has 0 saturated heterocycles.